The second-order valence-corrected chi connectivity index (χ2v) is 5.62. The maximum Gasteiger partial charge on any atom is 0.340 e. The Labute approximate surface area is 159 Å². The SMILES string of the molecule is COc1nc(OC)nc(Oc2cccc(-c3cccc(Cl)c3)c2C(=O)O)n1. The number of aromatic carboxylic acids is 1. The number of hydrogen-bond acceptors (Lipinski definition) is 7. The fraction of sp³-hybridized carbons (Fsp3) is 0.111. The number of carboxylic acids is 1. The fourth-order valence-electron chi connectivity index (χ4n) is 2.38. The van der Waals surface area contributed by atoms with Crippen molar-refractivity contribution in [2.45, 2.75) is 0 Å². The van der Waals surface area contributed by atoms with Gasteiger partial charge in [-0.15, -0.1) is 15.0 Å². The van der Waals surface area contributed by atoms with Crippen molar-refractivity contribution in [3.05, 3.63) is 53.1 Å². The monoisotopic (exact) mass is 387 g/mol. The molecule has 8 nitrogen and oxygen atoms in total. The van der Waals surface area contributed by atoms with Gasteiger partial charge in [0, 0.05) is 10.6 Å². The number of ether oxygens (including phenoxy) is 3. The minimum Gasteiger partial charge on any atom is -0.478 e. The van der Waals surface area contributed by atoms with Crippen LogP contribution in [-0.4, -0.2) is 40.2 Å². The van der Waals surface area contributed by atoms with E-state index in [1.807, 2.05) is 0 Å². The summed E-state index contributed by atoms with van der Waals surface area (Å²) < 4.78 is 15.5. The molecule has 1 aromatic heterocycles. The van der Waals surface area contributed by atoms with Crippen LogP contribution in [0.2, 0.25) is 5.02 Å². The minimum absolute atomic E-state index is 0.0280. The lowest BCUT2D eigenvalue weighted by Crippen LogP contribution is -2.06. The Balaban J connectivity index is 2.09. The Bertz CT molecular complexity index is 974. The minimum atomic E-state index is -1.17. The Morgan fingerprint density at radius 2 is 1.59 bits per heavy atom. The van der Waals surface area contributed by atoms with Crippen LogP contribution in [0.25, 0.3) is 11.1 Å². The predicted octanol–water partition coefficient (Wildman–Crippen LogP) is 3.70. The molecule has 0 spiro atoms. The molecule has 0 bridgehead atoms. The second-order valence-electron chi connectivity index (χ2n) is 5.19. The first-order valence-corrected chi connectivity index (χ1v) is 8.03. The van der Waals surface area contributed by atoms with Crippen molar-refractivity contribution in [3.63, 3.8) is 0 Å². The van der Waals surface area contributed by atoms with E-state index >= 15 is 0 Å². The molecule has 0 saturated heterocycles. The van der Waals surface area contributed by atoms with Gasteiger partial charge in [-0.25, -0.2) is 4.79 Å². The van der Waals surface area contributed by atoms with Crippen LogP contribution < -0.4 is 14.2 Å². The standard InChI is InChI=1S/C18H14ClN3O5/c1-25-16-20-17(26-2)22-18(21-16)27-13-8-4-7-12(14(13)15(23)24)10-5-3-6-11(19)9-10/h3-9H,1-2H3,(H,23,24). The van der Waals surface area contributed by atoms with Crippen molar-refractivity contribution in [2.75, 3.05) is 14.2 Å². The van der Waals surface area contributed by atoms with Crippen molar-refractivity contribution >= 4 is 17.6 Å². The molecule has 0 unspecified atom stereocenters. The molecule has 3 rings (SSSR count). The third kappa shape index (κ3) is 4.06. The molecular formula is C18H14ClN3O5. The average molecular weight is 388 g/mol. The molecule has 0 fully saturated rings. The van der Waals surface area contributed by atoms with E-state index in [-0.39, 0.29) is 29.3 Å². The van der Waals surface area contributed by atoms with Crippen LogP contribution in [0.15, 0.2) is 42.5 Å². The number of halogens is 1. The molecule has 27 heavy (non-hydrogen) atoms. The molecule has 9 heteroatoms. The highest BCUT2D eigenvalue weighted by Gasteiger charge is 2.20. The van der Waals surface area contributed by atoms with Gasteiger partial charge in [-0.05, 0) is 23.8 Å². The van der Waals surface area contributed by atoms with Crippen LogP contribution >= 0.6 is 11.6 Å². The first-order chi connectivity index (χ1) is 13.0. The lowest BCUT2D eigenvalue weighted by Gasteiger charge is -2.12. The lowest BCUT2D eigenvalue weighted by atomic mass is 9.99. The van der Waals surface area contributed by atoms with Crippen molar-refractivity contribution in [3.8, 4) is 34.9 Å². The van der Waals surface area contributed by atoms with E-state index < -0.39 is 5.97 Å². The van der Waals surface area contributed by atoms with Crippen molar-refractivity contribution in [2.24, 2.45) is 0 Å². The number of carboxylic acid groups (broad SMARTS) is 1. The van der Waals surface area contributed by atoms with E-state index in [4.69, 9.17) is 25.8 Å². The van der Waals surface area contributed by atoms with Crippen LogP contribution in [0.1, 0.15) is 10.4 Å². The van der Waals surface area contributed by atoms with Gasteiger partial charge in [-0.2, -0.15) is 0 Å². The van der Waals surface area contributed by atoms with Gasteiger partial charge in [0.25, 0.3) is 0 Å². The summed E-state index contributed by atoms with van der Waals surface area (Å²) in [7, 11) is 2.75. The summed E-state index contributed by atoms with van der Waals surface area (Å²) in [5, 5.41) is 10.2. The van der Waals surface area contributed by atoms with Crippen LogP contribution in [0.3, 0.4) is 0 Å². The summed E-state index contributed by atoms with van der Waals surface area (Å²) in [5.74, 6) is -1.12. The number of nitrogens with zero attached hydrogens (tertiary/aromatic N) is 3. The van der Waals surface area contributed by atoms with Crippen LogP contribution in [-0.2, 0) is 0 Å². The van der Waals surface area contributed by atoms with Gasteiger partial charge in [0.15, 0.2) is 0 Å². The normalized spacial score (nSPS) is 10.3. The quantitative estimate of drug-likeness (QED) is 0.682. The Morgan fingerprint density at radius 1 is 0.963 bits per heavy atom. The molecule has 0 saturated carbocycles. The Kier molecular flexibility index (Phi) is 5.37. The first-order valence-electron chi connectivity index (χ1n) is 7.66. The maximum absolute atomic E-state index is 11.9. The zero-order chi connectivity index (χ0) is 19.4. The fourth-order valence-corrected chi connectivity index (χ4v) is 2.57. The molecule has 3 aromatic rings. The molecule has 1 heterocycles. The molecule has 1 N–H and O–H groups in total. The van der Waals surface area contributed by atoms with Crippen LogP contribution in [0, 0.1) is 0 Å². The van der Waals surface area contributed by atoms with E-state index in [9.17, 15) is 9.90 Å². The average Bonchev–Trinajstić information content (AvgIpc) is 2.67. The summed E-state index contributed by atoms with van der Waals surface area (Å²) >= 11 is 6.03. The summed E-state index contributed by atoms with van der Waals surface area (Å²) in [4.78, 5) is 23.7. The highest BCUT2D eigenvalue weighted by molar-refractivity contribution is 6.30. The highest BCUT2D eigenvalue weighted by atomic mass is 35.5. The van der Waals surface area contributed by atoms with E-state index in [1.54, 1.807) is 36.4 Å². The number of methoxy groups -OCH3 is 2. The number of carbonyl (C=O) groups is 1. The third-order valence-corrected chi connectivity index (χ3v) is 3.75. The zero-order valence-corrected chi connectivity index (χ0v) is 15.1. The number of rotatable bonds is 6. The Morgan fingerprint density at radius 3 is 2.19 bits per heavy atom. The van der Waals surface area contributed by atoms with Gasteiger partial charge in [0.05, 0.1) is 14.2 Å². The number of hydrogen-bond donors (Lipinski definition) is 1. The summed E-state index contributed by atoms with van der Waals surface area (Å²) in [5.41, 5.74) is 1.02. The molecule has 0 amide bonds. The van der Waals surface area contributed by atoms with Crippen LogP contribution in [0.4, 0.5) is 0 Å². The predicted molar refractivity (Wildman–Crippen MR) is 96.9 cm³/mol. The van der Waals surface area contributed by atoms with Gasteiger partial charge in [-0.3, -0.25) is 0 Å². The maximum atomic E-state index is 11.9. The summed E-state index contributed by atoms with van der Waals surface area (Å²) in [6.45, 7) is 0. The van der Waals surface area contributed by atoms with Gasteiger partial charge >= 0.3 is 24.0 Å². The van der Waals surface area contributed by atoms with E-state index in [1.165, 1.54) is 20.3 Å². The number of aromatic nitrogens is 3. The first kappa shape index (κ1) is 18.4. The molecule has 138 valence electrons. The zero-order valence-electron chi connectivity index (χ0n) is 14.3. The summed E-state index contributed by atoms with van der Waals surface area (Å²) in [6.07, 6.45) is 0. The molecular weight excluding hydrogens is 374 g/mol. The molecule has 0 aliphatic heterocycles. The number of benzene rings is 2. The molecule has 0 atom stereocenters. The van der Waals surface area contributed by atoms with Crippen molar-refractivity contribution in [1.82, 2.24) is 15.0 Å². The van der Waals surface area contributed by atoms with Gasteiger partial charge in [-0.1, -0.05) is 35.9 Å². The van der Waals surface area contributed by atoms with Gasteiger partial charge in [0.1, 0.15) is 11.3 Å². The third-order valence-electron chi connectivity index (χ3n) is 3.52. The lowest BCUT2D eigenvalue weighted by molar-refractivity contribution is 0.0695. The van der Waals surface area contributed by atoms with E-state index in [2.05, 4.69) is 15.0 Å². The molecule has 2 aromatic carbocycles. The topological polar surface area (TPSA) is 104 Å². The second kappa shape index (κ2) is 7.88. The van der Waals surface area contributed by atoms with E-state index in [0.717, 1.165) is 0 Å². The van der Waals surface area contributed by atoms with Crippen molar-refractivity contribution in [1.29, 1.82) is 0 Å². The molecule has 0 aliphatic carbocycles. The largest absolute Gasteiger partial charge is 0.478 e. The smallest absolute Gasteiger partial charge is 0.340 e. The van der Waals surface area contributed by atoms with Gasteiger partial charge in [0.2, 0.25) is 0 Å². The van der Waals surface area contributed by atoms with Gasteiger partial charge < -0.3 is 19.3 Å². The summed E-state index contributed by atoms with van der Waals surface area (Å²) in [6, 6.07) is 11.5. The van der Waals surface area contributed by atoms with Crippen molar-refractivity contribution < 1.29 is 24.1 Å². The molecule has 0 radical (unpaired) electrons. The highest BCUT2D eigenvalue weighted by Crippen LogP contribution is 2.34. The molecule has 0 aliphatic rings. The Hall–Kier alpha value is -3.39. The van der Waals surface area contributed by atoms with Crippen LogP contribution in [0.5, 0.6) is 23.8 Å². The van der Waals surface area contributed by atoms with E-state index in [0.29, 0.717) is 16.1 Å².